The largest absolute Gasteiger partial charge is 0.507 e. The monoisotopic (exact) mass is 877 g/mol. The van der Waals surface area contributed by atoms with E-state index >= 15 is 0 Å². The van der Waals surface area contributed by atoms with Crippen molar-refractivity contribution in [2.75, 3.05) is 0 Å². The van der Waals surface area contributed by atoms with E-state index in [9.17, 15) is 5.11 Å². The normalized spacial score (nSPS) is 12.1. The highest BCUT2D eigenvalue weighted by Crippen LogP contribution is 2.45. The predicted octanol–water partition coefficient (Wildman–Crippen LogP) is 17.3. The molecule has 2 aromatic heterocycles. The maximum atomic E-state index is 12.4. The van der Waals surface area contributed by atoms with Crippen LogP contribution in [0.1, 0.15) is 109 Å². The van der Waals surface area contributed by atoms with E-state index in [0.29, 0.717) is 5.82 Å². The van der Waals surface area contributed by atoms with Crippen molar-refractivity contribution in [2.24, 2.45) is 0 Å². The van der Waals surface area contributed by atoms with E-state index in [4.69, 9.17) is 9.97 Å². The third-order valence-corrected chi connectivity index (χ3v) is 13.4. The molecule has 0 aliphatic carbocycles. The van der Waals surface area contributed by atoms with Crippen molar-refractivity contribution in [2.45, 2.75) is 98.8 Å². The highest BCUT2D eigenvalue weighted by Gasteiger charge is 2.27. The first kappa shape index (κ1) is 45.1. The number of benzene rings is 7. The SMILES string of the molecule is Cc1cc(-n2c(-c3cc(C(C)C)cc(C(C)C)c3O)nc3c(-c4cc(-c5cc(-c6ccccc6)ccn5)cc(C(C)(C)C)c4)cccc32)c(-c2ccccc2)cc1-c1ccc(C(C)(C)C)cc1. The average Bonchev–Trinajstić information content (AvgIpc) is 3.71. The number of phenols is 1. The number of aryl methyl sites for hydroxylation is 1. The van der Waals surface area contributed by atoms with E-state index in [1.807, 2.05) is 6.20 Å². The Bertz CT molecular complexity index is 3250. The molecule has 0 radical (unpaired) electrons. The summed E-state index contributed by atoms with van der Waals surface area (Å²) < 4.78 is 2.31. The molecule has 336 valence electrons. The van der Waals surface area contributed by atoms with Crippen molar-refractivity contribution < 1.29 is 5.11 Å². The van der Waals surface area contributed by atoms with Crippen LogP contribution in [-0.2, 0) is 10.8 Å². The molecule has 0 bridgehead atoms. The second-order valence-electron chi connectivity index (χ2n) is 21.0. The quantitative estimate of drug-likeness (QED) is 0.157. The van der Waals surface area contributed by atoms with Gasteiger partial charge < -0.3 is 5.11 Å². The Morgan fingerprint density at radius 3 is 1.78 bits per heavy atom. The minimum Gasteiger partial charge on any atom is -0.507 e. The van der Waals surface area contributed by atoms with Gasteiger partial charge in [-0.3, -0.25) is 9.55 Å². The first-order chi connectivity index (χ1) is 32.0. The molecule has 0 aliphatic heterocycles. The van der Waals surface area contributed by atoms with Gasteiger partial charge in [-0.15, -0.1) is 0 Å². The average molecular weight is 878 g/mol. The maximum absolute atomic E-state index is 12.4. The third kappa shape index (κ3) is 8.86. The van der Waals surface area contributed by atoms with Gasteiger partial charge in [0, 0.05) is 22.9 Å². The fourth-order valence-corrected chi connectivity index (χ4v) is 9.33. The van der Waals surface area contributed by atoms with Gasteiger partial charge in [-0.2, -0.15) is 0 Å². The number of hydrogen-bond acceptors (Lipinski definition) is 3. The summed E-state index contributed by atoms with van der Waals surface area (Å²) in [5, 5.41) is 12.4. The zero-order valence-corrected chi connectivity index (χ0v) is 41.0. The van der Waals surface area contributed by atoms with Crippen LogP contribution in [0.4, 0.5) is 0 Å². The second-order valence-corrected chi connectivity index (χ2v) is 21.0. The van der Waals surface area contributed by atoms with Crippen LogP contribution >= 0.6 is 0 Å². The summed E-state index contributed by atoms with van der Waals surface area (Å²) in [7, 11) is 0. The summed E-state index contributed by atoms with van der Waals surface area (Å²) in [5.41, 5.74) is 20.1. The standard InChI is InChI=1S/C63H63N3O/c1-39(2)46-35-52(40(3)4)60(67)55(36-46)61-65-59-51(47-32-48(34-50(33-47)63(9,10)11)56-37-45(29-30-64-56)42-19-14-12-15-20-42)23-18-24-57(59)66(61)58-31-41(5)53(38-54(58)43-21-16-13-17-22-43)44-25-27-49(28-26-44)62(6,7)8/h12-40,67H,1-11H3. The van der Waals surface area contributed by atoms with Crippen molar-refractivity contribution >= 4 is 11.0 Å². The minimum absolute atomic E-state index is 0.0538. The molecular weight excluding hydrogens is 815 g/mol. The van der Waals surface area contributed by atoms with E-state index in [0.717, 1.165) is 83.6 Å². The fourth-order valence-electron chi connectivity index (χ4n) is 9.33. The lowest BCUT2D eigenvalue weighted by Crippen LogP contribution is -2.11. The lowest BCUT2D eigenvalue weighted by molar-refractivity contribution is 0.466. The molecule has 67 heavy (non-hydrogen) atoms. The number of rotatable bonds is 9. The van der Waals surface area contributed by atoms with Gasteiger partial charge in [0.05, 0.1) is 28.0 Å². The Morgan fingerprint density at radius 2 is 1.13 bits per heavy atom. The number of imidazole rings is 1. The molecule has 1 N–H and O–H groups in total. The van der Waals surface area contributed by atoms with Crippen LogP contribution in [0, 0.1) is 6.92 Å². The molecule has 0 saturated carbocycles. The zero-order valence-electron chi connectivity index (χ0n) is 41.0. The number of nitrogens with zero attached hydrogens (tertiary/aromatic N) is 3. The second kappa shape index (κ2) is 17.6. The van der Waals surface area contributed by atoms with E-state index in [1.165, 1.54) is 22.3 Å². The van der Waals surface area contributed by atoms with Gasteiger partial charge in [-0.05, 0) is 139 Å². The molecule has 0 saturated heterocycles. The van der Waals surface area contributed by atoms with Gasteiger partial charge in [0.25, 0.3) is 0 Å². The third-order valence-electron chi connectivity index (χ3n) is 13.4. The first-order valence-corrected chi connectivity index (χ1v) is 23.8. The Labute approximate surface area is 398 Å². The van der Waals surface area contributed by atoms with Gasteiger partial charge in [0.1, 0.15) is 11.6 Å². The molecule has 0 spiro atoms. The molecule has 0 fully saturated rings. The number of aromatic hydroxyl groups is 1. The summed E-state index contributed by atoms with van der Waals surface area (Å²) in [6, 6.07) is 56.9. The molecule has 0 atom stereocenters. The highest BCUT2D eigenvalue weighted by molar-refractivity contribution is 5.98. The smallest absolute Gasteiger partial charge is 0.149 e. The number of aromatic nitrogens is 3. The molecule has 0 amide bonds. The van der Waals surface area contributed by atoms with Gasteiger partial charge in [0.2, 0.25) is 0 Å². The molecular formula is C63H63N3O. The van der Waals surface area contributed by atoms with E-state index in [-0.39, 0.29) is 28.4 Å². The van der Waals surface area contributed by atoms with E-state index in [1.54, 1.807) is 0 Å². The molecule has 4 heteroatoms. The number of hydrogen-bond donors (Lipinski definition) is 1. The first-order valence-electron chi connectivity index (χ1n) is 23.8. The molecule has 2 heterocycles. The summed E-state index contributed by atoms with van der Waals surface area (Å²) in [6.07, 6.45) is 1.91. The number of para-hydroxylation sites is 1. The van der Waals surface area contributed by atoms with E-state index < -0.39 is 0 Å². The maximum Gasteiger partial charge on any atom is 0.149 e. The predicted molar refractivity (Wildman–Crippen MR) is 283 cm³/mol. The Hall–Kier alpha value is -7.04. The Morgan fingerprint density at radius 1 is 0.493 bits per heavy atom. The van der Waals surface area contributed by atoms with Crippen LogP contribution in [0.3, 0.4) is 0 Å². The van der Waals surface area contributed by atoms with Gasteiger partial charge in [-0.25, -0.2) is 4.98 Å². The Kier molecular flexibility index (Phi) is 11.9. The van der Waals surface area contributed by atoms with Crippen molar-refractivity contribution in [3.05, 3.63) is 192 Å². The fraction of sp³-hybridized carbons (Fsp3) is 0.238. The van der Waals surface area contributed by atoms with Crippen LogP contribution in [0.25, 0.3) is 83.9 Å². The molecule has 7 aromatic carbocycles. The van der Waals surface area contributed by atoms with Gasteiger partial charge >= 0.3 is 0 Å². The Balaban J connectivity index is 1.35. The molecule has 0 aliphatic rings. The summed E-state index contributed by atoms with van der Waals surface area (Å²) in [6.45, 7) is 24.5. The summed E-state index contributed by atoms with van der Waals surface area (Å²) in [4.78, 5) is 10.7. The lowest BCUT2D eigenvalue weighted by atomic mass is 9.83. The number of pyridine rings is 1. The van der Waals surface area contributed by atoms with Crippen LogP contribution in [0.15, 0.2) is 164 Å². The summed E-state index contributed by atoms with van der Waals surface area (Å²) >= 11 is 0. The van der Waals surface area contributed by atoms with Crippen molar-refractivity contribution in [1.29, 1.82) is 0 Å². The van der Waals surface area contributed by atoms with Crippen LogP contribution < -0.4 is 0 Å². The van der Waals surface area contributed by atoms with Crippen LogP contribution in [0.5, 0.6) is 5.75 Å². The van der Waals surface area contributed by atoms with Gasteiger partial charge in [0.15, 0.2) is 0 Å². The highest BCUT2D eigenvalue weighted by atomic mass is 16.3. The van der Waals surface area contributed by atoms with Crippen LogP contribution in [-0.4, -0.2) is 19.6 Å². The van der Waals surface area contributed by atoms with E-state index in [2.05, 4.69) is 238 Å². The zero-order chi connectivity index (χ0) is 47.4. The number of fused-ring (bicyclic) bond motifs is 1. The number of phenolic OH excluding ortho intramolecular Hbond substituents is 1. The summed E-state index contributed by atoms with van der Waals surface area (Å²) in [5.74, 6) is 1.31. The van der Waals surface area contributed by atoms with Gasteiger partial charge in [-0.1, -0.05) is 178 Å². The lowest BCUT2D eigenvalue weighted by Gasteiger charge is -2.22. The molecule has 9 rings (SSSR count). The molecule has 4 nitrogen and oxygen atoms in total. The molecule has 9 aromatic rings. The van der Waals surface area contributed by atoms with Crippen molar-refractivity contribution in [3.63, 3.8) is 0 Å². The van der Waals surface area contributed by atoms with Crippen molar-refractivity contribution in [3.8, 4) is 78.6 Å². The topological polar surface area (TPSA) is 50.9 Å². The minimum atomic E-state index is -0.145. The van der Waals surface area contributed by atoms with Crippen LogP contribution in [0.2, 0.25) is 0 Å². The molecule has 0 unspecified atom stereocenters. The van der Waals surface area contributed by atoms with Crippen molar-refractivity contribution in [1.82, 2.24) is 14.5 Å².